The Morgan fingerprint density at radius 2 is 2.04 bits per heavy atom. The van der Waals surface area contributed by atoms with E-state index in [1.807, 2.05) is 18.2 Å². The van der Waals surface area contributed by atoms with Gasteiger partial charge in [-0.2, -0.15) is 5.10 Å². The van der Waals surface area contributed by atoms with E-state index in [4.69, 9.17) is 0 Å². The largest absolute Gasteiger partial charge is 0.327 e. The molecule has 0 unspecified atom stereocenters. The number of carbonyl (C=O) groups excluding carboxylic acids is 1. The highest BCUT2D eigenvalue weighted by molar-refractivity contribution is 6.05. The van der Waals surface area contributed by atoms with Crippen molar-refractivity contribution >= 4 is 22.7 Å². The zero-order valence-corrected chi connectivity index (χ0v) is 12.1. The van der Waals surface area contributed by atoms with Gasteiger partial charge in [0.25, 0.3) is 5.56 Å². The number of aromatic nitrogens is 3. The minimum Gasteiger partial charge on any atom is -0.327 e. The van der Waals surface area contributed by atoms with Gasteiger partial charge in [0.15, 0.2) is 0 Å². The van der Waals surface area contributed by atoms with Gasteiger partial charge in [0.05, 0.1) is 16.7 Å². The molecule has 2 N–H and O–H groups in total. The Bertz CT molecular complexity index is 999. The van der Waals surface area contributed by atoms with E-state index in [0.717, 1.165) is 22.3 Å². The maximum Gasteiger partial charge on any atom is 0.272 e. The van der Waals surface area contributed by atoms with Crippen LogP contribution in [-0.4, -0.2) is 26.2 Å². The van der Waals surface area contributed by atoms with Gasteiger partial charge in [-0.25, -0.2) is 10.4 Å². The number of amides is 1. The summed E-state index contributed by atoms with van der Waals surface area (Å²) in [6.45, 7) is 0. The number of fused-ring (bicyclic) bond motifs is 1. The van der Waals surface area contributed by atoms with E-state index >= 15 is 0 Å². The number of nitrogens with one attached hydrogen (secondary N) is 2. The Labute approximate surface area is 130 Å². The normalized spacial score (nSPS) is 14.6. The van der Waals surface area contributed by atoms with Crippen LogP contribution in [0.25, 0.3) is 16.7 Å². The number of rotatable bonds is 2. The molecule has 0 saturated heterocycles. The Morgan fingerprint density at radius 1 is 1.13 bits per heavy atom. The molecule has 23 heavy (non-hydrogen) atoms. The second kappa shape index (κ2) is 5.20. The summed E-state index contributed by atoms with van der Waals surface area (Å²) >= 11 is 0. The molecule has 1 aliphatic rings. The van der Waals surface area contributed by atoms with Crippen molar-refractivity contribution in [3.05, 3.63) is 58.8 Å². The van der Waals surface area contributed by atoms with Crippen LogP contribution in [0.2, 0.25) is 0 Å². The molecule has 1 aliphatic heterocycles. The van der Waals surface area contributed by atoms with Crippen molar-refractivity contribution in [1.82, 2.24) is 20.0 Å². The third kappa shape index (κ3) is 2.32. The molecule has 114 valence electrons. The summed E-state index contributed by atoms with van der Waals surface area (Å²) in [6, 6.07) is 9.27. The van der Waals surface area contributed by atoms with Crippen molar-refractivity contribution < 1.29 is 4.79 Å². The van der Waals surface area contributed by atoms with E-state index in [1.54, 1.807) is 29.2 Å². The van der Waals surface area contributed by atoms with Crippen molar-refractivity contribution in [1.29, 1.82) is 0 Å². The summed E-state index contributed by atoms with van der Waals surface area (Å²) in [7, 11) is 0. The molecule has 3 heterocycles. The van der Waals surface area contributed by atoms with E-state index < -0.39 is 0 Å². The van der Waals surface area contributed by atoms with Gasteiger partial charge in [0, 0.05) is 24.6 Å². The molecule has 1 aromatic carbocycles. The van der Waals surface area contributed by atoms with Gasteiger partial charge in [-0.1, -0.05) is 6.07 Å². The Hall–Kier alpha value is -3.22. The third-order valence-electron chi connectivity index (χ3n) is 3.84. The lowest BCUT2D eigenvalue weighted by Gasteiger charge is -2.12. The fourth-order valence-corrected chi connectivity index (χ4v) is 2.67. The van der Waals surface area contributed by atoms with Crippen LogP contribution >= 0.6 is 0 Å². The molecular weight excluding hydrogens is 294 g/mol. The highest BCUT2D eigenvalue weighted by atomic mass is 16.2. The van der Waals surface area contributed by atoms with E-state index in [0.29, 0.717) is 18.5 Å². The maximum absolute atomic E-state index is 11.9. The zero-order chi connectivity index (χ0) is 15.8. The quantitative estimate of drug-likeness (QED) is 0.748. The lowest BCUT2D eigenvalue weighted by atomic mass is 10.0. The first-order chi connectivity index (χ1) is 11.2. The van der Waals surface area contributed by atoms with Gasteiger partial charge in [0.1, 0.15) is 12.0 Å². The minimum atomic E-state index is -0.171. The van der Waals surface area contributed by atoms with Gasteiger partial charge in [-0.15, -0.1) is 0 Å². The highest BCUT2D eigenvalue weighted by Gasteiger charge is 2.15. The van der Waals surface area contributed by atoms with Crippen molar-refractivity contribution in [2.45, 2.75) is 12.8 Å². The SMILES string of the molecule is O=C1CCC(c2ccc3c(c2)ncn3-c2ccc[nH]c2=O)=NN1. The lowest BCUT2D eigenvalue weighted by molar-refractivity contribution is -0.121. The molecule has 2 aromatic heterocycles. The molecule has 0 fully saturated rings. The van der Waals surface area contributed by atoms with Crippen LogP contribution in [0, 0.1) is 0 Å². The molecule has 0 saturated carbocycles. The Morgan fingerprint density at radius 3 is 2.83 bits per heavy atom. The number of hydrogen-bond donors (Lipinski definition) is 2. The van der Waals surface area contributed by atoms with Gasteiger partial charge < -0.3 is 4.98 Å². The summed E-state index contributed by atoms with van der Waals surface area (Å²) in [5.41, 5.74) is 6.20. The van der Waals surface area contributed by atoms with Crippen LogP contribution in [-0.2, 0) is 4.79 Å². The number of hydrazone groups is 1. The van der Waals surface area contributed by atoms with Crippen LogP contribution in [0.3, 0.4) is 0 Å². The van der Waals surface area contributed by atoms with Crippen LogP contribution in [0.5, 0.6) is 0 Å². The average molecular weight is 307 g/mol. The first-order valence-corrected chi connectivity index (χ1v) is 7.23. The molecular formula is C16H13N5O2. The monoisotopic (exact) mass is 307 g/mol. The van der Waals surface area contributed by atoms with Crippen LogP contribution < -0.4 is 11.0 Å². The molecule has 0 bridgehead atoms. The number of carbonyl (C=O) groups is 1. The van der Waals surface area contributed by atoms with Gasteiger partial charge in [-0.05, 0) is 24.3 Å². The summed E-state index contributed by atoms with van der Waals surface area (Å²) < 4.78 is 1.75. The summed E-state index contributed by atoms with van der Waals surface area (Å²) in [5.74, 6) is -0.0672. The Kier molecular flexibility index (Phi) is 3.04. The molecule has 0 atom stereocenters. The average Bonchev–Trinajstić information content (AvgIpc) is 2.99. The van der Waals surface area contributed by atoms with Crippen LogP contribution in [0.1, 0.15) is 18.4 Å². The molecule has 7 nitrogen and oxygen atoms in total. The predicted molar refractivity (Wildman–Crippen MR) is 85.6 cm³/mol. The lowest BCUT2D eigenvalue weighted by Crippen LogP contribution is -2.25. The van der Waals surface area contributed by atoms with Crippen molar-refractivity contribution in [3.63, 3.8) is 0 Å². The number of H-pyrrole nitrogens is 1. The molecule has 7 heteroatoms. The zero-order valence-electron chi connectivity index (χ0n) is 12.1. The van der Waals surface area contributed by atoms with Crippen molar-refractivity contribution in [3.8, 4) is 5.69 Å². The van der Waals surface area contributed by atoms with Gasteiger partial charge in [-0.3, -0.25) is 14.2 Å². The first kappa shape index (κ1) is 13.4. The molecule has 3 aromatic rings. The molecule has 4 rings (SSSR count). The number of aromatic amines is 1. The van der Waals surface area contributed by atoms with Crippen LogP contribution in [0.4, 0.5) is 0 Å². The number of nitrogens with zero attached hydrogens (tertiary/aromatic N) is 3. The minimum absolute atomic E-state index is 0.0672. The van der Waals surface area contributed by atoms with E-state index in [2.05, 4.69) is 20.5 Å². The number of imidazole rings is 1. The van der Waals surface area contributed by atoms with Crippen molar-refractivity contribution in [2.24, 2.45) is 5.10 Å². The van der Waals surface area contributed by atoms with E-state index in [-0.39, 0.29) is 11.5 Å². The fraction of sp³-hybridized carbons (Fsp3) is 0.125. The molecule has 0 radical (unpaired) electrons. The van der Waals surface area contributed by atoms with Crippen LogP contribution in [0.15, 0.2) is 52.8 Å². The summed E-state index contributed by atoms with van der Waals surface area (Å²) in [5, 5.41) is 4.09. The molecule has 0 aliphatic carbocycles. The van der Waals surface area contributed by atoms with Gasteiger partial charge in [0.2, 0.25) is 5.91 Å². The number of hydrogen-bond acceptors (Lipinski definition) is 4. The second-order valence-electron chi connectivity index (χ2n) is 5.30. The molecule has 0 spiro atoms. The summed E-state index contributed by atoms with van der Waals surface area (Å²) in [4.78, 5) is 30.2. The molecule has 1 amide bonds. The second-order valence-corrected chi connectivity index (χ2v) is 5.30. The maximum atomic E-state index is 11.9. The Balaban J connectivity index is 1.80. The number of pyridine rings is 1. The fourth-order valence-electron chi connectivity index (χ4n) is 2.67. The third-order valence-corrected chi connectivity index (χ3v) is 3.84. The topological polar surface area (TPSA) is 92.1 Å². The van der Waals surface area contributed by atoms with Crippen molar-refractivity contribution in [2.75, 3.05) is 0 Å². The standard InChI is InChI=1S/C16H13N5O2/c22-15-6-4-11(19-20-15)10-3-5-13-12(8-10)18-9-21(13)14-2-1-7-17-16(14)23/h1-3,5,7-9H,4,6H2,(H,17,23)(H,20,22). The predicted octanol–water partition coefficient (Wildman–Crippen LogP) is 1.33. The van der Waals surface area contributed by atoms with E-state index in [9.17, 15) is 9.59 Å². The summed E-state index contributed by atoms with van der Waals surface area (Å²) in [6.07, 6.45) is 4.27. The smallest absolute Gasteiger partial charge is 0.272 e. The first-order valence-electron chi connectivity index (χ1n) is 7.23. The number of benzene rings is 1. The van der Waals surface area contributed by atoms with Gasteiger partial charge >= 0.3 is 0 Å². The van der Waals surface area contributed by atoms with E-state index in [1.165, 1.54) is 0 Å². The highest BCUT2D eigenvalue weighted by Crippen LogP contribution is 2.19.